The number of anilines is 2. The zero-order valence-electron chi connectivity index (χ0n) is 13.1. The van der Waals surface area contributed by atoms with Gasteiger partial charge in [-0.2, -0.15) is 0 Å². The quantitative estimate of drug-likeness (QED) is 0.651. The third-order valence-electron chi connectivity index (χ3n) is 3.31. The first kappa shape index (κ1) is 15.4. The lowest BCUT2D eigenvalue weighted by Gasteiger charge is -2.09. The molecule has 2 heterocycles. The Bertz CT molecular complexity index is 832. The summed E-state index contributed by atoms with van der Waals surface area (Å²) >= 11 is 0. The molecular weight excluding hydrogens is 310 g/mol. The molecule has 122 valence electrons. The first-order valence-corrected chi connectivity index (χ1v) is 7.09. The standard InChI is InChI=1S/C15H15N7O2/c1-16-10-5-3-9(4-6-10)12-7-11(24-2)8-13(17-12)14(23)18-15-19-21-22-20-15/h3-8,16H,1-2H3,(H2,18,19,20,21,22,23). The van der Waals surface area contributed by atoms with Crippen LogP contribution in [0.2, 0.25) is 0 Å². The second-order valence-corrected chi connectivity index (χ2v) is 4.81. The van der Waals surface area contributed by atoms with E-state index in [1.54, 1.807) is 12.1 Å². The number of carbonyl (C=O) groups excluding carboxylic acids is 1. The van der Waals surface area contributed by atoms with Gasteiger partial charge in [0, 0.05) is 30.4 Å². The second kappa shape index (κ2) is 6.73. The van der Waals surface area contributed by atoms with Gasteiger partial charge in [-0.25, -0.2) is 10.1 Å². The number of hydrogen-bond donors (Lipinski definition) is 3. The summed E-state index contributed by atoms with van der Waals surface area (Å²) in [7, 11) is 3.38. The zero-order valence-corrected chi connectivity index (χ0v) is 13.1. The van der Waals surface area contributed by atoms with Crippen LogP contribution in [0.3, 0.4) is 0 Å². The van der Waals surface area contributed by atoms with Gasteiger partial charge in [-0.3, -0.25) is 10.1 Å². The number of tetrazole rings is 1. The summed E-state index contributed by atoms with van der Waals surface area (Å²) in [5.41, 5.74) is 2.66. The molecule has 0 unspecified atom stereocenters. The van der Waals surface area contributed by atoms with Crippen LogP contribution in [0.15, 0.2) is 36.4 Å². The van der Waals surface area contributed by atoms with Gasteiger partial charge in [0.2, 0.25) is 5.95 Å². The van der Waals surface area contributed by atoms with Gasteiger partial charge in [-0.1, -0.05) is 17.2 Å². The van der Waals surface area contributed by atoms with Crippen molar-refractivity contribution in [1.82, 2.24) is 25.6 Å². The minimum Gasteiger partial charge on any atom is -0.497 e. The average Bonchev–Trinajstić information content (AvgIpc) is 3.14. The Labute approximate surface area is 137 Å². The van der Waals surface area contributed by atoms with Crippen LogP contribution >= 0.6 is 0 Å². The third kappa shape index (κ3) is 3.29. The SMILES string of the molecule is CNc1ccc(-c2cc(OC)cc(C(=O)Nc3nnn[nH]3)n2)cc1. The number of amides is 1. The first-order valence-electron chi connectivity index (χ1n) is 7.09. The van der Waals surface area contributed by atoms with E-state index >= 15 is 0 Å². The highest BCUT2D eigenvalue weighted by atomic mass is 16.5. The lowest BCUT2D eigenvalue weighted by atomic mass is 10.1. The first-order chi connectivity index (χ1) is 11.7. The lowest BCUT2D eigenvalue weighted by Crippen LogP contribution is -2.15. The number of benzene rings is 1. The van der Waals surface area contributed by atoms with E-state index in [9.17, 15) is 4.79 Å². The average molecular weight is 325 g/mol. The van der Waals surface area contributed by atoms with Gasteiger partial charge in [0.05, 0.1) is 12.8 Å². The number of nitrogens with one attached hydrogen (secondary N) is 3. The van der Waals surface area contributed by atoms with Crippen molar-refractivity contribution in [3.8, 4) is 17.0 Å². The predicted molar refractivity (Wildman–Crippen MR) is 87.9 cm³/mol. The third-order valence-corrected chi connectivity index (χ3v) is 3.31. The molecule has 3 N–H and O–H groups in total. The predicted octanol–water partition coefficient (Wildman–Crippen LogP) is 1.56. The fourth-order valence-electron chi connectivity index (χ4n) is 2.08. The molecule has 0 saturated carbocycles. The van der Waals surface area contributed by atoms with Crippen LogP contribution in [-0.2, 0) is 0 Å². The van der Waals surface area contributed by atoms with Gasteiger partial charge in [0.1, 0.15) is 11.4 Å². The molecule has 9 heteroatoms. The zero-order chi connectivity index (χ0) is 16.9. The molecule has 2 aromatic heterocycles. The number of H-pyrrole nitrogens is 1. The minimum atomic E-state index is -0.444. The van der Waals surface area contributed by atoms with E-state index in [0.29, 0.717) is 11.4 Å². The van der Waals surface area contributed by atoms with Gasteiger partial charge >= 0.3 is 0 Å². The Morgan fingerprint density at radius 1 is 1.21 bits per heavy atom. The van der Waals surface area contributed by atoms with E-state index in [-0.39, 0.29) is 11.6 Å². The Morgan fingerprint density at radius 2 is 2.00 bits per heavy atom. The van der Waals surface area contributed by atoms with Crippen LogP contribution in [0.1, 0.15) is 10.5 Å². The van der Waals surface area contributed by atoms with Crippen LogP contribution in [0.25, 0.3) is 11.3 Å². The van der Waals surface area contributed by atoms with Crippen molar-refractivity contribution in [2.75, 3.05) is 24.8 Å². The normalized spacial score (nSPS) is 10.2. The van der Waals surface area contributed by atoms with Gasteiger partial charge < -0.3 is 10.1 Å². The molecule has 1 amide bonds. The number of methoxy groups -OCH3 is 1. The van der Waals surface area contributed by atoms with Crippen LogP contribution in [0.4, 0.5) is 11.6 Å². The molecule has 1 aromatic carbocycles. The fraction of sp³-hybridized carbons (Fsp3) is 0.133. The van der Waals surface area contributed by atoms with Crippen molar-refractivity contribution in [2.24, 2.45) is 0 Å². The van der Waals surface area contributed by atoms with Gasteiger partial charge in [-0.15, -0.1) is 0 Å². The molecule has 24 heavy (non-hydrogen) atoms. The molecule has 0 aliphatic carbocycles. The molecule has 0 aliphatic rings. The topological polar surface area (TPSA) is 118 Å². The molecule has 0 atom stereocenters. The van der Waals surface area contributed by atoms with Crippen LogP contribution in [0, 0.1) is 0 Å². The molecule has 0 saturated heterocycles. The summed E-state index contributed by atoms with van der Waals surface area (Å²) in [6, 6.07) is 11.0. The maximum absolute atomic E-state index is 12.3. The maximum Gasteiger partial charge on any atom is 0.276 e. The highest BCUT2D eigenvalue weighted by Gasteiger charge is 2.14. The molecule has 0 aliphatic heterocycles. The van der Waals surface area contributed by atoms with E-state index < -0.39 is 5.91 Å². The fourth-order valence-corrected chi connectivity index (χ4v) is 2.08. The number of ether oxygens (including phenoxy) is 1. The van der Waals surface area contributed by atoms with E-state index in [2.05, 4.69) is 36.2 Å². The second-order valence-electron chi connectivity index (χ2n) is 4.81. The van der Waals surface area contributed by atoms with Gasteiger partial charge in [0.15, 0.2) is 0 Å². The Morgan fingerprint density at radius 3 is 2.62 bits per heavy atom. The van der Waals surface area contributed by atoms with Crippen LogP contribution in [0.5, 0.6) is 5.75 Å². The number of aromatic nitrogens is 5. The smallest absolute Gasteiger partial charge is 0.276 e. The van der Waals surface area contributed by atoms with E-state index in [1.165, 1.54) is 7.11 Å². The van der Waals surface area contributed by atoms with Crippen molar-refractivity contribution >= 4 is 17.5 Å². The van der Waals surface area contributed by atoms with Crippen molar-refractivity contribution in [1.29, 1.82) is 0 Å². The summed E-state index contributed by atoms with van der Waals surface area (Å²) in [4.78, 5) is 16.7. The summed E-state index contributed by atoms with van der Waals surface area (Å²) in [6.07, 6.45) is 0. The number of nitrogens with zero attached hydrogens (tertiary/aromatic N) is 4. The molecule has 0 radical (unpaired) electrons. The number of aromatic amines is 1. The van der Waals surface area contributed by atoms with Crippen LogP contribution < -0.4 is 15.4 Å². The van der Waals surface area contributed by atoms with E-state index in [1.807, 2.05) is 31.3 Å². The lowest BCUT2D eigenvalue weighted by molar-refractivity contribution is 0.102. The van der Waals surface area contributed by atoms with Crippen molar-refractivity contribution in [3.63, 3.8) is 0 Å². The molecule has 0 fully saturated rings. The maximum atomic E-state index is 12.3. The highest BCUT2D eigenvalue weighted by Crippen LogP contribution is 2.24. The number of hydrogen-bond acceptors (Lipinski definition) is 7. The Balaban J connectivity index is 1.93. The summed E-state index contributed by atoms with van der Waals surface area (Å²) in [5.74, 6) is 0.226. The molecular formula is C15H15N7O2. The monoisotopic (exact) mass is 325 g/mol. The van der Waals surface area contributed by atoms with Crippen molar-refractivity contribution in [3.05, 3.63) is 42.1 Å². The summed E-state index contributed by atoms with van der Waals surface area (Å²) in [6.45, 7) is 0. The Hall–Kier alpha value is -3.49. The summed E-state index contributed by atoms with van der Waals surface area (Å²) in [5, 5.41) is 18.4. The number of pyridine rings is 1. The van der Waals surface area contributed by atoms with E-state index in [0.717, 1.165) is 11.3 Å². The summed E-state index contributed by atoms with van der Waals surface area (Å²) < 4.78 is 5.27. The van der Waals surface area contributed by atoms with Crippen molar-refractivity contribution in [2.45, 2.75) is 0 Å². The Kier molecular flexibility index (Phi) is 4.32. The molecule has 0 spiro atoms. The molecule has 0 bridgehead atoms. The van der Waals surface area contributed by atoms with E-state index in [4.69, 9.17) is 4.74 Å². The molecule has 9 nitrogen and oxygen atoms in total. The molecule has 3 aromatic rings. The number of rotatable bonds is 5. The minimum absolute atomic E-state index is 0.143. The largest absolute Gasteiger partial charge is 0.497 e. The van der Waals surface area contributed by atoms with Crippen molar-refractivity contribution < 1.29 is 9.53 Å². The van der Waals surface area contributed by atoms with Crippen LogP contribution in [-0.4, -0.2) is 45.7 Å². The highest BCUT2D eigenvalue weighted by molar-refractivity contribution is 6.02. The molecule has 3 rings (SSSR count). The van der Waals surface area contributed by atoms with Gasteiger partial charge in [-0.05, 0) is 22.6 Å². The van der Waals surface area contributed by atoms with Gasteiger partial charge in [0.25, 0.3) is 5.91 Å². The number of carbonyl (C=O) groups is 1.